The molecule has 0 spiro atoms. The van der Waals surface area contributed by atoms with Crippen molar-refractivity contribution >= 4 is 40.8 Å². The highest BCUT2D eigenvalue weighted by Gasteiger charge is 2.09. The lowest BCUT2D eigenvalue weighted by Gasteiger charge is -2.06. The zero-order valence-electron chi connectivity index (χ0n) is 13.2. The number of rotatable bonds is 5. The maximum atomic E-state index is 10.2. The Kier molecular flexibility index (Phi) is 9.93. The van der Waals surface area contributed by atoms with Gasteiger partial charge in [-0.3, -0.25) is 10.2 Å². The fraction of sp³-hybridized carbons (Fsp3) is 0.250. The molecular formula is C16H24ClN5O2. The third-order valence-corrected chi connectivity index (χ3v) is 3.10. The fourth-order valence-corrected chi connectivity index (χ4v) is 1.88. The van der Waals surface area contributed by atoms with E-state index < -0.39 is 12.0 Å². The van der Waals surface area contributed by atoms with Crippen molar-refractivity contribution in [3.8, 4) is 0 Å². The van der Waals surface area contributed by atoms with E-state index in [1.165, 1.54) is 10.8 Å². The molecule has 0 heterocycles. The van der Waals surface area contributed by atoms with Crippen LogP contribution < -0.4 is 22.5 Å². The van der Waals surface area contributed by atoms with Gasteiger partial charge in [-0.15, -0.1) is 12.4 Å². The van der Waals surface area contributed by atoms with Gasteiger partial charge in [0.2, 0.25) is 0 Å². The highest BCUT2D eigenvalue weighted by atomic mass is 35.5. The number of hydrogen-bond acceptors (Lipinski definition) is 4. The molecule has 0 radical (unpaired) electrons. The molecule has 1 unspecified atom stereocenters. The number of nitrogens with two attached hydrogens (primary N) is 3. The highest BCUT2D eigenvalue weighted by molar-refractivity contribution is 5.85. The zero-order valence-corrected chi connectivity index (χ0v) is 14.1. The molecule has 0 aromatic heterocycles. The zero-order chi connectivity index (χ0) is 17.2. The van der Waals surface area contributed by atoms with Crippen LogP contribution in [0.1, 0.15) is 12.8 Å². The third-order valence-electron chi connectivity index (χ3n) is 3.10. The standard InChI is InChI=1S/C10H9N.C6H14N4O2.ClH/c11-10-6-5-8-3-1-2-4-9(8)7-10;7-4(5(11)12)2-1-3-10-6(8)9;/h1-7H,11H2;4H,1-3,7H2,(H,11,12)(H4,8,9,10);1H. The van der Waals surface area contributed by atoms with Gasteiger partial charge in [-0.25, -0.2) is 0 Å². The second-order valence-corrected chi connectivity index (χ2v) is 5.03. The van der Waals surface area contributed by atoms with Gasteiger partial charge in [0.15, 0.2) is 5.96 Å². The molecule has 132 valence electrons. The number of anilines is 1. The molecule has 24 heavy (non-hydrogen) atoms. The van der Waals surface area contributed by atoms with Crippen LogP contribution in [0.25, 0.3) is 10.8 Å². The van der Waals surface area contributed by atoms with Crippen LogP contribution in [0.2, 0.25) is 0 Å². The molecule has 0 bridgehead atoms. The lowest BCUT2D eigenvalue weighted by molar-refractivity contribution is -0.138. The number of carboxylic acid groups (broad SMARTS) is 1. The van der Waals surface area contributed by atoms with E-state index in [-0.39, 0.29) is 18.4 Å². The summed E-state index contributed by atoms with van der Waals surface area (Å²) in [5.74, 6) is -1.11. The Morgan fingerprint density at radius 1 is 1.21 bits per heavy atom. The topological polar surface area (TPSA) is 151 Å². The molecule has 0 aliphatic carbocycles. The summed E-state index contributed by atoms with van der Waals surface area (Å²) in [6.45, 7) is 0.482. The lowest BCUT2D eigenvalue weighted by atomic mass is 10.1. The summed E-state index contributed by atoms with van der Waals surface area (Å²) in [5, 5.41) is 20.2. The van der Waals surface area contributed by atoms with Gasteiger partial charge >= 0.3 is 5.97 Å². The van der Waals surface area contributed by atoms with E-state index in [1.807, 2.05) is 30.3 Å². The van der Waals surface area contributed by atoms with Gasteiger partial charge in [-0.05, 0) is 35.7 Å². The van der Waals surface area contributed by atoms with Crippen LogP contribution in [0.4, 0.5) is 5.69 Å². The average molecular weight is 354 g/mol. The number of fused-ring (bicyclic) bond motifs is 1. The first-order valence-electron chi connectivity index (χ1n) is 7.20. The van der Waals surface area contributed by atoms with Crippen LogP contribution in [0.5, 0.6) is 0 Å². The van der Waals surface area contributed by atoms with E-state index in [4.69, 9.17) is 27.7 Å². The molecule has 8 heteroatoms. The number of halogens is 1. The first kappa shape index (κ1) is 21.5. The van der Waals surface area contributed by atoms with E-state index in [1.54, 1.807) is 0 Å². The molecule has 0 aliphatic rings. The maximum absolute atomic E-state index is 10.2. The summed E-state index contributed by atoms with van der Waals surface area (Å²) in [6, 6.07) is 13.3. The van der Waals surface area contributed by atoms with Gasteiger partial charge in [-0.1, -0.05) is 30.3 Å². The normalized spacial score (nSPS) is 10.7. The molecule has 1 atom stereocenters. The Hall–Kier alpha value is -2.51. The molecule has 7 nitrogen and oxygen atoms in total. The van der Waals surface area contributed by atoms with E-state index in [0.29, 0.717) is 19.4 Å². The first-order valence-corrected chi connectivity index (χ1v) is 7.20. The van der Waals surface area contributed by atoms with Gasteiger partial charge in [0, 0.05) is 12.2 Å². The largest absolute Gasteiger partial charge is 0.480 e. The Morgan fingerprint density at radius 3 is 2.42 bits per heavy atom. The predicted molar refractivity (Wildman–Crippen MR) is 100 cm³/mol. The van der Waals surface area contributed by atoms with Gasteiger partial charge in [0.25, 0.3) is 0 Å². The van der Waals surface area contributed by atoms with Gasteiger partial charge < -0.3 is 27.6 Å². The summed E-state index contributed by atoms with van der Waals surface area (Å²) < 4.78 is 0. The maximum Gasteiger partial charge on any atom is 0.320 e. The molecule has 0 saturated heterocycles. The summed E-state index contributed by atoms with van der Waals surface area (Å²) in [4.78, 5) is 10.2. The van der Waals surface area contributed by atoms with Crippen molar-refractivity contribution in [3.05, 3.63) is 42.5 Å². The second-order valence-electron chi connectivity index (χ2n) is 5.03. The first-order chi connectivity index (χ1) is 10.9. The fourth-order valence-electron chi connectivity index (χ4n) is 1.88. The minimum absolute atomic E-state index is 0. The van der Waals surface area contributed by atoms with E-state index in [0.717, 1.165) is 5.69 Å². The average Bonchev–Trinajstić information content (AvgIpc) is 2.51. The smallest absolute Gasteiger partial charge is 0.320 e. The summed E-state index contributed by atoms with van der Waals surface area (Å²) in [5.41, 5.74) is 16.7. The number of hydrogen-bond donors (Lipinski definition) is 6. The molecule has 0 aliphatic heterocycles. The van der Waals surface area contributed by atoms with Crippen molar-refractivity contribution in [1.29, 1.82) is 5.41 Å². The Balaban J connectivity index is 0.000000423. The molecule has 0 fully saturated rings. The quantitative estimate of drug-likeness (QED) is 0.207. The molecule has 0 amide bonds. The minimum Gasteiger partial charge on any atom is -0.480 e. The Bertz CT molecular complexity index is 666. The molecule has 2 rings (SSSR count). The number of carboxylic acids is 1. The molecule has 9 N–H and O–H groups in total. The van der Waals surface area contributed by atoms with Crippen LogP contribution in [0, 0.1) is 5.41 Å². The van der Waals surface area contributed by atoms with Crippen LogP contribution in [-0.2, 0) is 4.79 Å². The summed E-state index contributed by atoms with van der Waals surface area (Å²) >= 11 is 0. The van der Waals surface area contributed by atoms with Crippen LogP contribution in [-0.4, -0.2) is 29.6 Å². The molecular weight excluding hydrogens is 330 g/mol. The van der Waals surface area contributed by atoms with Gasteiger partial charge in [0.05, 0.1) is 0 Å². The molecule has 0 saturated carbocycles. The monoisotopic (exact) mass is 353 g/mol. The van der Waals surface area contributed by atoms with E-state index >= 15 is 0 Å². The van der Waals surface area contributed by atoms with Crippen LogP contribution in [0.15, 0.2) is 42.5 Å². The number of guanidine groups is 1. The summed E-state index contributed by atoms with van der Waals surface area (Å²) in [6.07, 6.45) is 0.975. The van der Waals surface area contributed by atoms with Crippen LogP contribution in [0.3, 0.4) is 0 Å². The molecule has 2 aromatic carbocycles. The van der Waals surface area contributed by atoms with Gasteiger partial charge in [0.1, 0.15) is 6.04 Å². The predicted octanol–water partition coefficient (Wildman–Crippen LogP) is 1.51. The number of aliphatic carboxylic acids is 1. The van der Waals surface area contributed by atoms with Gasteiger partial charge in [-0.2, -0.15) is 0 Å². The Labute approximate surface area is 147 Å². The van der Waals surface area contributed by atoms with E-state index in [9.17, 15) is 4.79 Å². The third kappa shape index (κ3) is 8.21. The van der Waals surface area contributed by atoms with Crippen molar-refractivity contribution in [2.45, 2.75) is 18.9 Å². The lowest BCUT2D eigenvalue weighted by Crippen LogP contribution is -2.34. The van der Waals surface area contributed by atoms with Crippen molar-refractivity contribution < 1.29 is 9.90 Å². The van der Waals surface area contributed by atoms with Crippen molar-refractivity contribution in [2.75, 3.05) is 12.3 Å². The number of carbonyl (C=O) groups is 1. The number of nitrogen functional groups attached to an aromatic ring is 1. The van der Waals surface area contributed by atoms with E-state index in [2.05, 4.69) is 17.4 Å². The van der Waals surface area contributed by atoms with Crippen molar-refractivity contribution in [3.63, 3.8) is 0 Å². The number of nitrogens with one attached hydrogen (secondary N) is 2. The summed E-state index contributed by atoms with van der Waals surface area (Å²) in [7, 11) is 0. The molecule has 2 aromatic rings. The SMILES string of the molecule is Cl.N=C(N)NCCCC(N)C(=O)O.Nc1ccc2ccccc2c1. The highest BCUT2D eigenvalue weighted by Crippen LogP contribution is 2.15. The van der Waals surface area contributed by atoms with Crippen LogP contribution >= 0.6 is 12.4 Å². The van der Waals surface area contributed by atoms with Crippen molar-refractivity contribution in [1.82, 2.24) is 5.32 Å². The Morgan fingerprint density at radius 2 is 1.83 bits per heavy atom. The second kappa shape index (κ2) is 11.1. The van der Waals surface area contributed by atoms with Crippen molar-refractivity contribution in [2.24, 2.45) is 11.5 Å². The number of benzene rings is 2. The minimum atomic E-state index is -1.00.